The molecule has 3 rings (SSSR count). The minimum Gasteiger partial charge on any atom is -0.449 e. The van der Waals surface area contributed by atoms with Gasteiger partial charge in [0.15, 0.2) is 0 Å². The molecule has 2 N–H and O–H groups in total. The third-order valence-electron chi connectivity index (χ3n) is 3.21. The molecule has 1 amide bonds. The van der Waals surface area contributed by atoms with Crippen molar-refractivity contribution in [1.29, 1.82) is 0 Å². The number of β-lactam (4-membered cyclic amide) rings is 1. The lowest BCUT2D eigenvalue weighted by molar-refractivity contribution is -0.151. The Kier molecular flexibility index (Phi) is 3.51. The summed E-state index contributed by atoms with van der Waals surface area (Å²) in [6.45, 7) is 0.161. The maximum Gasteiger partial charge on any atom is 0.512 e. The quantitative estimate of drug-likeness (QED) is 0.543. The largest absolute Gasteiger partial charge is 0.512 e. The molecule has 10 nitrogen and oxygen atoms in total. The Labute approximate surface area is 122 Å². The van der Waals surface area contributed by atoms with E-state index in [0.29, 0.717) is 17.9 Å². The Morgan fingerprint density at radius 2 is 2.33 bits per heavy atom. The minimum atomic E-state index is -1.48. The first-order valence-corrected chi connectivity index (χ1v) is 6.95. The van der Waals surface area contributed by atoms with Crippen LogP contribution in [0, 0.1) is 5.92 Å². The van der Waals surface area contributed by atoms with E-state index in [-0.39, 0.29) is 23.8 Å². The van der Waals surface area contributed by atoms with Crippen molar-refractivity contribution in [1.82, 2.24) is 25.1 Å². The number of thioether (sulfide) groups is 1. The summed E-state index contributed by atoms with van der Waals surface area (Å²) in [4.78, 5) is 24.5. The summed E-state index contributed by atoms with van der Waals surface area (Å²) >= 11 is 1.32. The zero-order chi connectivity index (χ0) is 15.0. The van der Waals surface area contributed by atoms with Crippen molar-refractivity contribution < 1.29 is 24.5 Å². The lowest BCUT2D eigenvalue weighted by Crippen LogP contribution is -2.58. The highest BCUT2D eigenvalue weighted by atomic mass is 32.2. The minimum absolute atomic E-state index is 0.0280. The van der Waals surface area contributed by atoms with Gasteiger partial charge in [0, 0.05) is 17.9 Å². The highest BCUT2D eigenvalue weighted by Crippen LogP contribution is 2.50. The zero-order valence-electron chi connectivity index (χ0n) is 10.6. The van der Waals surface area contributed by atoms with Gasteiger partial charge in [-0.25, -0.2) is 9.48 Å². The molecule has 1 aromatic rings. The Morgan fingerprint density at radius 1 is 1.52 bits per heavy atom. The molecule has 11 heteroatoms. The van der Waals surface area contributed by atoms with E-state index in [1.165, 1.54) is 27.7 Å². The molecule has 0 bridgehead atoms. The van der Waals surface area contributed by atoms with Crippen LogP contribution in [0.5, 0.6) is 0 Å². The van der Waals surface area contributed by atoms with Crippen molar-refractivity contribution in [2.45, 2.75) is 18.3 Å². The second kappa shape index (κ2) is 5.33. The van der Waals surface area contributed by atoms with Crippen molar-refractivity contribution in [3.8, 4) is 0 Å². The summed E-state index contributed by atoms with van der Waals surface area (Å²) in [6.07, 6.45) is 0.386. The lowest BCUT2D eigenvalue weighted by Gasteiger charge is -2.40. The molecule has 1 aromatic heterocycles. The predicted molar refractivity (Wildman–Crippen MR) is 67.4 cm³/mol. The standard InChI is InChI=1S/C10H11N5O5S/c16-3-5-7(17)15-8(20-10(18)19)6(21-9(5)15)1-2-14-4-11-12-13-14/h4-5,9,16H,1-3H2,(H,18,19)/t5-,9+/m0/s1. The first kappa shape index (κ1) is 13.8. The molecule has 0 aliphatic carbocycles. The number of rotatable bonds is 5. The van der Waals surface area contributed by atoms with Crippen LogP contribution in [0.1, 0.15) is 6.42 Å². The average Bonchev–Trinajstić information content (AvgIpc) is 3.03. The van der Waals surface area contributed by atoms with Gasteiger partial charge in [-0.05, 0) is 10.4 Å². The normalized spacial score (nSPS) is 24.0. The number of carbonyl (C=O) groups excluding carboxylic acids is 1. The Morgan fingerprint density at radius 3 is 2.95 bits per heavy atom. The highest BCUT2D eigenvalue weighted by molar-refractivity contribution is 8.04. The van der Waals surface area contributed by atoms with E-state index < -0.39 is 12.1 Å². The lowest BCUT2D eigenvalue weighted by atomic mass is 10.00. The number of nitrogens with zero attached hydrogens (tertiary/aromatic N) is 5. The van der Waals surface area contributed by atoms with Gasteiger partial charge >= 0.3 is 6.16 Å². The molecule has 1 fully saturated rings. The smallest absolute Gasteiger partial charge is 0.449 e. The monoisotopic (exact) mass is 313 g/mol. The maximum atomic E-state index is 11.9. The number of aliphatic hydroxyl groups excluding tert-OH is 1. The maximum absolute atomic E-state index is 11.9. The number of aliphatic hydroxyl groups is 1. The van der Waals surface area contributed by atoms with Crippen molar-refractivity contribution in [2.24, 2.45) is 5.92 Å². The van der Waals surface area contributed by atoms with Crippen LogP contribution in [-0.2, 0) is 16.1 Å². The number of amides is 1. The summed E-state index contributed by atoms with van der Waals surface area (Å²) in [5.41, 5.74) is 0. The van der Waals surface area contributed by atoms with Crippen LogP contribution >= 0.6 is 11.8 Å². The third kappa shape index (κ3) is 2.34. The molecule has 0 saturated carbocycles. The summed E-state index contributed by atoms with van der Waals surface area (Å²) < 4.78 is 6.22. The van der Waals surface area contributed by atoms with E-state index in [9.17, 15) is 14.7 Å². The third-order valence-corrected chi connectivity index (χ3v) is 4.66. The molecule has 2 aliphatic rings. The van der Waals surface area contributed by atoms with E-state index in [1.54, 1.807) is 0 Å². The van der Waals surface area contributed by atoms with Crippen LogP contribution < -0.4 is 0 Å². The number of carbonyl (C=O) groups is 2. The number of tetrazole rings is 1. The number of hydrogen-bond donors (Lipinski definition) is 2. The SMILES string of the molecule is O=C(O)OC1=C(CCn2cnnn2)S[C@@H]2[C@@H](CO)C(=O)N12. The van der Waals surface area contributed by atoms with Crippen LogP contribution in [0.2, 0.25) is 0 Å². The van der Waals surface area contributed by atoms with Crippen molar-refractivity contribution in [3.63, 3.8) is 0 Å². The Bertz CT molecular complexity index is 603. The molecule has 21 heavy (non-hydrogen) atoms. The predicted octanol–water partition coefficient (Wildman–Crippen LogP) is -0.550. The number of aryl methyl sites for hydroxylation is 1. The molecule has 1 saturated heterocycles. The molecule has 3 heterocycles. The van der Waals surface area contributed by atoms with E-state index in [1.807, 2.05) is 0 Å². The van der Waals surface area contributed by atoms with Crippen LogP contribution in [0.15, 0.2) is 17.1 Å². The Balaban J connectivity index is 1.77. The summed E-state index contributed by atoms with van der Waals surface area (Å²) in [5.74, 6) is -0.822. The second-order valence-electron chi connectivity index (χ2n) is 4.42. The number of ether oxygens (including phenoxy) is 1. The van der Waals surface area contributed by atoms with Crippen LogP contribution in [-0.4, -0.2) is 59.4 Å². The molecule has 0 radical (unpaired) electrons. The molecule has 2 atom stereocenters. The van der Waals surface area contributed by atoms with Crippen LogP contribution in [0.25, 0.3) is 0 Å². The van der Waals surface area contributed by atoms with Gasteiger partial charge in [-0.1, -0.05) is 11.8 Å². The van der Waals surface area contributed by atoms with E-state index >= 15 is 0 Å². The van der Waals surface area contributed by atoms with Crippen molar-refractivity contribution in [3.05, 3.63) is 17.1 Å². The number of allylic oxidation sites excluding steroid dienone is 1. The van der Waals surface area contributed by atoms with Gasteiger partial charge in [0.2, 0.25) is 11.8 Å². The van der Waals surface area contributed by atoms with Crippen molar-refractivity contribution >= 4 is 23.8 Å². The molecule has 0 spiro atoms. The molecular weight excluding hydrogens is 302 g/mol. The van der Waals surface area contributed by atoms with Crippen LogP contribution in [0.4, 0.5) is 4.79 Å². The van der Waals surface area contributed by atoms with E-state index in [0.717, 1.165) is 0 Å². The molecule has 112 valence electrons. The van der Waals surface area contributed by atoms with Gasteiger partial charge in [-0.2, -0.15) is 0 Å². The Hall–Kier alpha value is -2.14. The highest BCUT2D eigenvalue weighted by Gasteiger charge is 2.55. The number of aromatic nitrogens is 4. The fraction of sp³-hybridized carbons (Fsp3) is 0.500. The van der Waals surface area contributed by atoms with Gasteiger partial charge in [0.1, 0.15) is 11.7 Å². The molecular formula is C10H11N5O5S. The summed E-state index contributed by atoms with van der Waals surface area (Å²) in [6, 6.07) is 0. The first-order valence-electron chi connectivity index (χ1n) is 6.07. The zero-order valence-corrected chi connectivity index (χ0v) is 11.4. The fourth-order valence-corrected chi connectivity index (χ4v) is 3.64. The summed E-state index contributed by atoms with van der Waals surface area (Å²) in [7, 11) is 0. The van der Waals surface area contributed by atoms with Gasteiger partial charge in [-0.3, -0.25) is 9.69 Å². The summed E-state index contributed by atoms with van der Waals surface area (Å²) in [5, 5.41) is 28.4. The van der Waals surface area contributed by atoms with E-state index in [2.05, 4.69) is 15.5 Å². The van der Waals surface area contributed by atoms with Crippen LogP contribution in [0.3, 0.4) is 0 Å². The molecule has 0 unspecified atom stereocenters. The number of fused-ring (bicyclic) bond motifs is 1. The molecule has 0 aromatic carbocycles. The fourth-order valence-electron chi connectivity index (χ4n) is 2.23. The van der Waals surface area contributed by atoms with E-state index in [4.69, 9.17) is 9.84 Å². The topological polar surface area (TPSA) is 131 Å². The molecule has 2 aliphatic heterocycles. The van der Waals surface area contributed by atoms with Gasteiger partial charge in [0.25, 0.3) is 0 Å². The van der Waals surface area contributed by atoms with Gasteiger partial charge in [-0.15, -0.1) is 5.10 Å². The van der Waals surface area contributed by atoms with Crippen molar-refractivity contribution in [2.75, 3.05) is 6.61 Å². The first-order chi connectivity index (χ1) is 10.1. The second-order valence-corrected chi connectivity index (χ2v) is 5.64. The van der Waals surface area contributed by atoms with Gasteiger partial charge in [0.05, 0.1) is 12.5 Å². The number of hydrogen-bond acceptors (Lipinski definition) is 8. The average molecular weight is 313 g/mol. The number of carboxylic acid groups (broad SMARTS) is 1. The van der Waals surface area contributed by atoms with Gasteiger partial charge < -0.3 is 14.9 Å².